The Morgan fingerprint density at radius 2 is 1.76 bits per heavy atom. The van der Waals surface area contributed by atoms with Gasteiger partial charge in [0, 0.05) is 19.5 Å². The fourth-order valence-electron chi connectivity index (χ4n) is 2.62. The van der Waals surface area contributed by atoms with Crippen LogP contribution in [0.5, 0.6) is 0 Å². The third-order valence-electron chi connectivity index (χ3n) is 3.86. The predicted molar refractivity (Wildman–Crippen MR) is 71.8 cm³/mol. The minimum atomic E-state index is 0.328. The average Bonchev–Trinajstić information content (AvgIpc) is 2.62. The molecule has 1 aliphatic rings. The lowest BCUT2D eigenvalue weighted by Gasteiger charge is -2.27. The number of hydrogen-bond acceptors (Lipinski definition) is 2. The molecule has 17 heavy (non-hydrogen) atoms. The van der Waals surface area contributed by atoms with Crippen molar-refractivity contribution in [3.63, 3.8) is 0 Å². The monoisotopic (exact) mass is 240 g/mol. The summed E-state index contributed by atoms with van der Waals surface area (Å²) in [7, 11) is 1.99. The van der Waals surface area contributed by atoms with E-state index in [4.69, 9.17) is 5.73 Å². The second kappa shape index (κ2) is 8.51. The van der Waals surface area contributed by atoms with Crippen molar-refractivity contribution in [1.82, 2.24) is 4.90 Å². The van der Waals surface area contributed by atoms with Crippen molar-refractivity contribution in [2.75, 3.05) is 13.6 Å². The van der Waals surface area contributed by atoms with Gasteiger partial charge in [0.1, 0.15) is 0 Å². The average molecular weight is 240 g/mol. The summed E-state index contributed by atoms with van der Waals surface area (Å²) in [5.74, 6) is 0.328. The molecule has 1 aliphatic carbocycles. The molecule has 0 atom stereocenters. The number of amides is 1. The number of carbonyl (C=O) groups excluding carboxylic acids is 1. The lowest BCUT2D eigenvalue weighted by molar-refractivity contribution is -0.132. The Morgan fingerprint density at radius 3 is 2.35 bits per heavy atom. The van der Waals surface area contributed by atoms with Crippen molar-refractivity contribution >= 4 is 5.91 Å². The molecule has 0 heterocycles. The van der Waals surface area contributed by atoms with Crippen molar-refractivity contribution in [3.05, 3.63) is 0 Å². The molecule has 3 nitrogen and oxygen atoms in total. The van der Waals surface area contributed by atoms with Crippen molar-refractivity contribution in [2.24, 2.45) is 5.73 Å². The van der Waals surface area contributed by atoms with Crippen LogP contribution in [-0.2, 0) is 4.79 Å². The van der Waals surface area contributed by atoms with E-state index >= 15 is 0 Å². The quantitative estimate of drug-likeness (QED) is 0.573. The Hall–Kier alpha value is -0.570. The van der Waals surface area contributed by atoms with Crippen LogP contribution in [0.25, 0.3) is 0 Å². The molecule has 2 N–H and O–H groups in total. The SMILES string of the molecule is CN(C(=O)CCCCCN)C1CCCCCC1. The highest BCUT2D eigenvalue weighted by molar-refractivity contribution is 5.76. The van der Waals surface area contributed by atoms with Crippen LogP contribution in [0.1, 0.15) is 64.2 Å². The van der Waals surface area contributed by atoms with Crippen LogP contribution >= 0.6 is 0 Å². The van der Waals surface area contributed by atoms with E-state index in [0.29, 0.717) is 18.4 Å². The molecular formula is C14H28N2O. The highest BCUT2D eigenvalue weighted by Crippen LogP contribution is 2.21. The Bertz CT molecular complexity index is 210. The molecular weight excluding hydrogens is 212 g/mol. The molecule has 0 bridgehead atoms. The maximum atomic E-state index is 12.0. The van der Waals surface area contributed by atoms with Crippen LogP contribution in [0, 0.1) is 0 Å². The van der Waals surface area contributed by atoms with Gasteiger partial charge in [-0.15, -0.1) is 0 Å². The largest absolute Gasteiger partial charge is 0.343 e. The van der Waals surface area contributed by atoms with Gasteiger partial charge >= 0.3 is 0 Å². The van der Waals surface area contributed by atoms with Crippen LogP contribution < -0.4 is 5.73 Å². The van der Waals surface area contributed by atoms with Gasteiger partial charge in [-0.1, -0.05) is 32.1 Å². The lowest BCUT2D eigenvalue weighted by Crippen LogP contribution is -2.36. The van der Waals surface area contributed by atoms with E-state index in [0.717, 1.165) is 25.8 Å². The van der Waals surface area contributed by atoms with Crippen molar-refractivity contribution < 1.29 is 4.79 Å². The molecule has 0 aromatic carbocycles. The molecule has 1 rings (SSSR count). The molecule has 3 heteroatoms. The summed E-state index contributed by atoms with van der Waals surface area (Å²) in [5, 5.41) is 0. The van der Waals surface area contributed by atoms with Gasteiger partial charge in [0.2, 0.25) is 5.91 Å². The van der Waals surface area contributed by atoms with Gasteiger partial charge in [0.25, 0.3) is 0 Å². The van der Waals surface area contributed by atoms with Crippen molar-refractivity contribution in [1.29, 1.82) is 0 Å². The van der Waals surface area contributed by atoms with E-state index in [2.05, 4.69) is 0 Å². The fourth-order valence-corrected chi connectivity index (χ4v) is 2.62. The van der Waals surface area contributed by atoms with Gasteiger partial charge in [0.15, 0.2) is 0 Å². The molecule has 0 unspecified atom stereocenters. The fraction of sp³-hybridized carbons (Fsp3) is 0.929. The van der Waals surface area contributed by atoms with E-state index in [9.17, 15) is 4.79 Å². The van der Waals surface area contributed by atoms with Gasteiger partial charge in [-0.2, -0.15) is 0 Å². The summed E-state index contributed by atoms with van der Waals surface area (Å²) in [6.45, 7) is 0.743. The standard InChI is InChI=1S/C14H28N2O/c1-16(13-9-5-2-3-6-10-13)14(17)11-7-4-8-12-15/h13H,2-12,15H2,1H3. The third kappa shape index (κ3) is 5.53. The van der Waals surface area contributed by atoms with Crippen LogP contribution in [0.2, 0.25) is 0 Å². The Balaban J connectivity index is 2.24. The maximum Gasteiger partial charge on any atom is 0.222 e. The molecule has 0 radical (unpaired) electrons. The number of carbonyl (C=O) groups is 1. The van der Waals surface area contributed by atoms with Gasteiger partial charge < -0.3 is 10.6 Å². The van der Waals surface area contributed by atoms with Gasteiger partial charge in [-0.25, -0.2) is 0 Å². The highest BCUT2D eigenvalue weighted by atomic mass is 16.2. The summed E-state index contributed by atoms with van der Waals surface area (Å²) in [4.78, 5) is 14.0. The topological polar surface area (TPSA) is 46.3 Å². The molecule has 1 saturated carbocycles. The maximum absolute atomic E-state index is 12.0. The zero-order valence-corrected chi connectivity index (χ0v) is 11.3. The summed E-state index contributed by atoms with van der Waals surface area (Å²) >= 11 is 0. The minimum absolute atomic E-state index is 0.328. The molecule has 0 aromatic heterocycles. The predicted octanol–water partition coefficient (Wildman–Crippen LogP) is 2.69. The molecule has 0 aliphatic heterocycles. The molecule has 0 spiro atoms. The van der Waals surface area contributed by atoms with E-state index < -0.39 is 0 Å². The summed E-state index contributed by atoms with van der Waals surface area (Å²) < 4.78 is 0. The van der Waals surface area contributed by atoms with Crippen LogP contribution in [0.15, 0.2) is 0 Å². The Morgan fingerprint density at radius 1 is 1.12 bits per heavy atom. The van der Waals surface area contributed by atoms with Gasteiger partial charge in [-0.3, -0.25) is 4.79 Å². The molecule has 0 saturated heterocycles. The molecule has 1 fully saturated rings. The van der Waals surface area contributed by atoms with E-state index in [1.807, 2.05) is 11.9 Å². The van der Waals surface area contributed by atoms with Gasteiger partial charge in [-0.05, 0) is 32.2 Å². The van der Waals surface area contributed by atoms with Crippen molar-refractivity contribution in [3.8, 4) is 0 Å². The van der Waals surface area contributed by atoms with E-state index in [1.165, 1.54) is 38.5 Å². The number of unbranched alkanes of at least 4 members (excludes halogenated alkanes) is 2. The first kappa shape index (κ1) is 14.5. The summed E-state index contributed by atoms with van der Waals surface area (Å²) in [6, 6.07) is 0.500. The number of nitrogens with two attached hydrogens (primary N) is 1. The zero-order chi connectivity index (χ0) is 12.5. The van der Waals surface area contributed by atoms with Crippen LogP contribution in [-0.4, -0.2) is 30.4 Å². The number of nitrogens with zero attached hydrogens (tertiary/aromatic N) is 1. The molecule has 0 aromatic rings. The zero-order valence-electron chi connectivity index (χ0n) is 11.3. The van der Waals surface area contributed by atoms with Crippen molar-refractivity contribution in [2.45, 2.75) is 70.3 Å². The second-order valence-electron chi connectivity index (χ2n) is 5.25. The first-order valence-corrected chi connectivity index (χ1v) is 7.21. The lowest BCUT2D eigenvalue weighted by atomic mass is 10.1. The number of hydrogen-bond donors (Lipinski definition) is 1. The Kier molecular flexibility index (Phi) is 7.25. The highest BCUT2D eigenvalue weighted by Gasteiger charge is 2.20. The Labute approximate surface area is 106 Å². The van der Waals surface area contributed by atoms with Crippen LogP contribution in [0.4, 0.5) is 0 Å². The summed E-state index contributed by atoms with van der Waals surface area (Å²) in [6.07, 6.45) is 11.5. The van der Waals surface area contributed by atoms with Crippen LogP contribution in [0.3, 0.4) is 0 Å². The third-order valence-corrected chi connectivity index (χ3v) is 3.86. The van der Waals surface area contributed by atoms with Gasteiger partial charge in [0.05, 0.1) is 0 Å². The second-order valence-corrected chi connectivity index (χ2v) is 5.25. The molecule has 1 amide bonds. The normalized spacial score (nSPS) is 17.8. The van der Waals surface area contributed by atoms with E-state index in [-0.39, 0.29) is 0 Å². The van der Waals surface area contributed by atoms with E-state index in [1.54, 1.807) is 0 Å². The number of rotatable bonds is 6. The first-order valence-electron chi connectivity index (χ1n) is 7.21. The summed E-state index contributed by atoms with van der Waals surface area (Å²) in [5.41, 5.74) is 5.44. The minimum Gasteiger partial charge on any atom is -0.343 e. The first-order chi connectivity index (χ1) is 8.25. The smallest absolute Gasteiger partial charge is 0.222 e. The molecule has 100 valence electrons.